The number of nitrogen functional groups attached to an aromatic ring is 1. The number of carbonyl (C=O) groups excluding carboxylic acids is 1. The normalized spacial score (nSPS) is 20.3. The Labute approximate surface area is 107 Å². The maximum Gasteiger partial charge on any atom is 0.265 e. The minimum atomic E-state index is -2.40. The van der Waals surface area contributed by atoms with E-state index in [1.54, 1.807) is 18.2 Å². The van der Waals surface area contributed by atoms with Gasteiger partial charge in [0.1, 0.15) is 0 Å². The van der Waals surface area contributed by atoms with E-state index in [9.17, 15) is 13.9 Å². The van der Waals surface area contributed by atoms with Gasteiger partial charge in [0.25, 0.3) is 5.91 Å². The lowest BCUT2D eigenvalue weighted by atomic mass is 10.2. The van der Waals surface area contributed by atoms with Crippen molar-refractivity contribution in [2.75, 3.05) is 29.5 Å². The van der Waals surface area contributed by atoms with E-state index in [0.717, 1.165) is 5.69 Å². The molecule has 1 heterocycles. The van der Waals surface area contributed by atoms with Crippen LogP contribution in [0.15, 0.2) is 24.3 Å². The fraction of sp³-hybridized carbons (Fsp3) is 0.364. The number of hydrogen-bond donors (Lipinski definition) is 4. The molecule has 6 nitrogen and oxygen atoms in total. The molecule has 0 aromatic heterocycles. The number of carbonyl (C=O) groups is 1. The number of benzene rings is 1. The van der Waals surface area contributed by atoms with Crippen LogP contribution in [0.3, 0.4) is 0 Å². The van der Waals surface area contributed by atoms with Crippen molar-refractivity contribution in [1.29, 1.82) is 0 Å². The molecule has 1 aliphatic rings. The van der Waals surface area contributed by atoms with Crippen molar-refractivity contribution in [3.05, 3.63) is 29.8 Å². The molecule has 7 heteroatoms. The molecule has 0 spiro atoms. The number of nitrogens with zero attached hydrogens (tertiary/aromatic N) is 1. The smallest absolute Gasteiger partial charge is 0.265 e. The summed E-state index contributed by atoms with van der Waals surface area (Å²) in [5.41, 5.74) is 3.48. The van der Waals surface area contributed by atoms with Crippen LogP contribution in [-0.4, -0.2) is 39.6 Å². The third-order valence-electron chi connectivity index (χ3n) is 2.98. The summed E-state index contributed by atoms with van der Waals surface area (Å²) in [6, 6.07) is 7.11. The lowest BCUT2D eigenvalue weighted by Gasteiger charge is -2.41. The predicted molar refractivity (Wildman–Crippen MR) is 72.9 cm³/mol. The molecule has 0 bridgehead atoms. The van der Waals surface area contributed by atoms with Gasteiger partial charge >= 0.3 is 0 Å². The van der Waals surface area contributed by atoms with Crippen molar-refractivity contribution in [1.82, 2.24) is 5.43 Å². The molecule has 1 saturated heterocycles. The minimum Gasteiger partial charge on any atom is -0.368 e. The van der Waals surface area contributed by atoms with Gasteiger partial charge in [0, 0.05) is 24.3 Å². The molecule has 1 amide bonds. The fourth-order valence-corrected chi connectivity index (χ4v) is 3.14. The van der Waals surface area contributed by atoms with E-state index in [-0.39, 0.29) is 5.91 Å². The van der Waals surface area contributed by atoms with E-state index in [1.807, 2.05) is 11.0 Å². The lowest BCUT2D eigenvalue weighted by molar-refractivity contribution is 0.0953. The molecule has 0 unspecified atom stereocenters. The number of nitrogens with two attached hydrogens (primary N) is 1. The quantitative estimate of drug-likeness (QED) is 0.363. The van der Waals surface area contributed by atoms with Crippen molar-refractivity contribution >= 4 is 22.2 Å². The highest BCUT2D eigenvalue weighted by atomic mass is 32.3. The van der Waals surface area contributed by atoms with E-state index < -0.39 is 10.6 Å². The number of nitrogens with one attached hydrogen (secondary N) is 1. The first-order valence-electron chi connectivity index (χ1n) is 5.61. The van der Waals surface area contributed by atoms with E-state index in [4.69, 9.17) is 5.84 Å². The number of hydrazine groups is 1. The van der Waals surface area contributed by atoms with Crippen LogP contribution in [0.2, 0.25) is 0 Å². The monoisotopic (exact) mass is 271 g/mol. The fourth-order valence-electron chi connectivity index (χ4n) is 1.91. The summed E-state index contributed by atoms with van der Waals surface area (Å²) in [4.78, 5) is 13.5. The maximum atomic E-state index is 11.4. The van der Waals surface area contributed by atoms with Gasteiger partial charge in [0.15, 0.2) is 0 Å². The third kappa shape index (κ3) is 2.94. The van der Waals surface area contributed by atoms with Crippen LogP contribution in [0.5, 0.6) is 0 Å². The molecule has 100 valence electrons. The summed E-state index contributed by atoms with van der Waals surface area (Å²) in [7, 11) is -2.40. The molecule has 1 fully saturated rings. The second-order valence-corrected chi connectivity index (χ2v) is 6.64. The topological polar surface area (TPSA) is 98.8 Å². The first-order valence-corrected chi connectivity index (χ1v) is 7.50. The Morgan fingerprint density at radius 2 is 2.00 bits per heavy atom. The average molecular weight is 271 g/mol. The molecule has 1 aromatic carbocycles. The zero-order chi connectivity index (χ0) is 13.2. The number of anilines is 1. The summed E-state index contributed by atoms with van der Waals surface area (Å²) < 4.78 is 19.1. The van der Waals surface area contributed by atoms with Crippen molar-refractivity contribution in [3.63, 3.8) is 0 Å². The van der Waals surface area contributed by atoms with Gasteiger partial charge in [-0.1, -0.05) is 6.07 Å². The van der Waals surface area contributed by atoms with Crippen molar-refractivity contribution in [2.24, 2.45) is 5.84 Å². The van der Waals surface area contributed by atoms with E-state index in [0.29, 0.717) is 30.2 Å². The van der Waals surface area contributed by atoms with E-state index in [1.165, 1.54) is 0 Å². The van der Waals surface area contributed by atoms with E-state index >= 15 is 0 Å². The van der Waals surface area contributed by atoms with Gasteiger partial charge in [-0.15, -0.1) is 0 Å². The van der Waals surface area contributed by atoms with Gasteiger partial charge in [-0.25, -0.2) is 5.84 Å². The van der Waals surface area contributed by atoms with Gasteiger partial charge in [-0.05, 0) is 18.2 Å². The van der Waals surface area contributed by atoms with Crippen LogP contribution in [-0.2, 0) is 0 Å². The molecule has 0 saturated carbocycles. The molecular weight excluding hydrogens is 254 g/mol. The lowest BCUT2D eigenvalue weighted by Crippen LogP contribution is -2.38. The van der Waals surface area contributed by atoms with Gasteiger partial charge in [0.2, 0.25) is 0 Å². The molecule has 1 aromatic rings. The Balaban J connectivity index is 2.12. The zero-order valence-corrected chi connectivity index (χ0v) is 10.7. The minimum absolute atomic E-state index is 0.335. The van der Waals surface area contributed by atoms with Gasteiger partial charge in [0.05, 0.1) is 11.5 Å². The summed E-state index contributed by atoms with van der Waals surface area (Å²) in [6.07, 6.45) is 0. The van der Waals surface area contributed by atoms with Crippen LogP contribution < -0.4 is 16.2 Å². The van der Waals surface area contributed by atoms with Gasteiger partial charge in [-0.2, -0.15) is 10.6 Å². The molecule has 0 atom stereocenters. The largest absolute Gasteiger partial charge is 0.368 e. The molecule has 2 rings (SSSR count). The van der Waals surface area contributed by atoms with Crippen molar-refractivity contribution in [2.45, 2.75) is 0 Å². The summed E-state index contributed by atoms with van der Waals surface area (Å²) in [5.74, 6) is 5.51. The number of hydrogen-bond acceptors (Lipinski definition) is 5. The molecule has 0 radical (unpaired) electrons. The van der Waals surface area contributed by atoms with Crippen LogP contribution in [0.4, 0.5) is 5.69 Å². The van der Waals surface area contributed by atoms with Gasteiger partial charge in [-0.3, -0.25) is 19.3 Å². The first kappa shape index (κ1) is 13.2. The second kappa shape index (κ2) is 5.15. The van der Waals surface area contributed by atoms with E-state index in [2.05, 4.69) is 5.43 Å². The highest BCUT2D eigenvalue weighted by molar-refractivity contribution is 8.24. The standard InChI is InChI=1S/C11H17N3O3S/c12-13-11(15)9-2-1-3-10(8-9)14-4-6-18(16,17)7-5-14/h1-3,8,16-17H,4-7,12H2,(H,13,15). The summed E-state index contributed by atoms with van der Waals surface area (Å²) in [5, 5.41) is 0. The summed E-state index contributed by atoms with van der Waals surface area (Å²) in [6.45, 7) is 1.16. The van der Waals surface area contributed by atoms with Gasteiger partial charge < -0.3 is 4.90 Å². The molecule has 1 aliphatic heterocycles. The number of rotatable bonds is 2. The SMILES string of the molecule is NNC(=O)c1cccc(N2CCS(O)(O)CC2)c1. The Kier molecular flexibility index (Phi) is 3.76. The highest BCUT2D eigenvalue weighted by Crippen LogP contribution is 2.41. The highest BCUT2D eigenvalue weighted by Gasteiger charge is 2.22. The van der Waals surface area contributed by atoms with Crippen LogP contribution >= 0.6 is 10.6 Å². The Morgan fingerprint density at radius 3 is 2.61 bits per heavy atom. The van der Waals surface area contributed by atoms with Crippen LogP contribution in [0, 0.1) is 0 Å². The Hall–Kier alpha value is -1.28. The van der Waals surface area contributed by atoms with Crippen molar-refractivity contribution < 1.29 is 13.9 Å². The maximum absolute atomic E-state index is 11.4. The van der Waals surface area contributed by atoms with Crippen LogP contribution in [0.25, 0.3) is 0 Å². The Bertz CT molecular complexity index is 443. The second-order valence-electron chi connectivity index (χ2n) is 4.22. The molecular formula is C11H17N3O3S. The number of amides is 1. The third-order valence-corrected chi connectivity index (χ3v) is 4.65. The van der Waals surface area contributed by atoms with Crippen LogP contribution in [0.1, 0.15) is 10.4 Å². The first-order chi connectivity index (χ1) is 8.52. The molecule has 18 heavy (non-hydrogen) atoms. The Morgan fingerprint density at radius 1 is 1.33 bits per heavy atom. The zero-order valence-electron chi connectivity index (χ0n) is 9.87. The summed E-state index contributed by atoms with van der Waals surface area (Å²) >= 11 is 0. The molecule has 5 N–H and O–H groups in total. The molecule has 0 aliphatic carbocycles. The van der Waals surface area contributed by atoms with Crippen molar-refractivity contribution in [3.8, 4) is 0 Å². The predicted octanol–water partition coefficient (Wildman–Crippen LogP) is 0.861. The average Bonchev–Trinajstić information content (AvgIpc) is 2.38.